The van der Waals surface area contributed by atoms with Crippen molar-refractivity contribution in [2.24, 2.45) is 0 Å². The smallest absolute Gasteiger partial charge is 0.202 e. The van der Waals surface area contributed by atoms with Crippen molar-refractivity contribution in [3.8, 4) is 0 Å². The number of rotatable bonds is 5. The fourth-order valence-corrected chi connectivity index (χ4v) is 6.03. The minimum absolute atomic E-state index is 0. The van der Waals surface area contributed by atoms with Crippen molar-refractivity contribution in [2.75, 3.05) is 0 Å². The first-order valence-electron chi connectivity index (χ1n) is 7.53. The van der Waals surface area contributed by atoms with E-state index in [2.05, 4.69) is 63.0 Å². The van der Waals surface area contributed by atoms with Crippen molar-refractivity contribution in [1.29, 1.82) is 0 Å². The summed E-state index contributed by atoms with van der Waals surface area (Å²) in [5.74, 6) is 0. The van der Waals surface area contributed by atoms with Gasteiger partial charge in [0.1, 0.15) is 0 Å². The Morgan fingerprint density at radius 3 is 2.10 bits per heavy atom. The van der Waals surface area contributed by atoms with E-state index in [1.54, 1.807) is 10.8 Å². The zero-order valence-corrected chi connectivity index (χ0v) is 14.7. The van der Waals surface area contributed by atoms with Crippen LogP contribution in [0.15, 0.2) is 41.1 Å². The Labute approximate surface area is 137 Å². The van der Waals surface area contributed by atoms with Gasteiger partial charge in [0.25, 0.3) is 0 Å². The van der Waals surface area contributed by atoms with Crippen LogP contribution in [-0.4, -0.2) is 8.07 Å². The zero-order chi connectivity index (χ0) is 13.9. The van der Waals surface area contributed by atoms with Crippen molar-refractivity contribution in [2.45, 2.75) is 52.6 Å². The first-order valence-corrected chi connectivity index (χ1v) is 10.5. The molecule has 20 heavy (non-hydrogen) atoms. The van der Waals surface area contributed by atoms with Gasteiger partial charge in [-0.05, 0) is 6.42 Å². The topological polar surface area (TPSA) is 0 Å². The Balaban J connectivity index is 0.00000200. The maximum Gasteiger partial charge on any atom is 1.00 e. The summed E-state index contributed by atoms with van der Waals surface area (Å²) >= 11 is 0. The Morgan fingerprint density at radius 1 is 0.950 bits per heavy atom. The molecule has 1 aliphatic heterocycles. The molecule has 1 aliphatic rings. The Morgan fingerprint density at radius 2 is 1.55 bits per heavy atom. The van der Waals surface area contributed by atoms with Crippen LogP contribution in [-0.2, 0) is 0 Å². The van der Waals surface area contributed by atoms with Crippen LogP contribution in [0.4, 0.5) is 0 Å². The largest absolute Gasteiger partial charge is 1.00 e. The second-order valence-electron chi connectivity index (χ2n) is 5.95. The molecule has 0 aliphatic carbocycles. The van der Waals surface area contributed by atoms with Crippen molar-refractivity contribution in [3.05, 3.63) is 52.4 Å². The third kappa shape index (κ3) is 3.58. The van der Waals surface area contributed by atoms with Gasteiger partial charge >= 0.3 is 18.9 Å². The standard InChI is InChI=1S/C18H25Si.Li/c1-5-10-16-17(15-12-8-7-9-13-15)14-19(3,4)18(16)11-6-2;/h7-9,12-13H,5-6,10-11H2,1-4H3;/q-1;+1. The molecule has 0 fully saturated rings. The van der Waals surface area contributed by atoms with Crippen molar-refractivity contribution in [3.63, 3.8) is 0 Å². The molecule has 1 aromatic carbocycles. The normalized spacial score (nSPS) is 16.9. The van der Waals surface area contributed by atoms with Gasteiger partial charge in [-0.3, -0.25) is 0 Å². The Bertz CT molecular complexity index is 497. The van der Waals surface area contributed by atoms with Crippen LogP contribution in [0.3, 0.4) is 0 Å². The van der Waals surface area contributed by atoms with Gasteiger partial charge in [-0.15, -0.1) is 22.9 Å². The summed E-state index contributed by atoms with van der Waals surface area (Å²) in [5.41, 5.74) is 8.29. The van der Waals surface area contributed by atoms with Gasteiger partial charge in [0.05, 0.1) is 0 Å². The number of hydrogen-bond donors (Lipinski definition) is 0. The minimum atomic E-state index is -1.44. The van der Waals surface area contributed by atoms with Gasteiger partial charge in [-0.1, -0.05) is 64.4 Å². The maximum atomic E-state index is 3.90. The zero-order valence-electron chi connectivity index (χ0n) is 13.7. The van der Waals surface area contributed by atoms with E-state index in [-0.39, 0.29) is 18.9 Å². The molecule has 0 saturated heterocycles. The van der Waals surface area contributed by atoms with Gasteiger partial charge < -0.3 is 0 Å². The molecule has 1 heterocycles. The predicted octanol–water partition coefficient (Wildman–Crippen LogP) is 2.57. The van der Waals surface area contributed by atoms with Crippen LogP contribution in [0.1, 0.15) is 45.1 Å². The van der Waals surface area contributed by atoms with E-state index < -0.39 is 8.07 Å². The maximum absolute atomic E-state index is 3.90. The molecule has 102 valence electrons. The van der Waals surface area contributed by atoms with Crippen LogP contribution in [0.25, 0.3) is 5.57 Å². The molecule has 0 atom stereocenters. The molecular weight excluding hydrogens is 251 g/mol. The number of allylic oxidation sites excluding steroid dienone is 3. The first-order chi connectivity index (χ1) is 9.10. The fourth-order valence-electron chi connectivity index (χ4n) is 3.08. The van der Waals surface area contributed by atoms with E-state index in [0.717, 1.165) is 0 Å². The molecule has 2 heteroatoms. The molecule has 0 amide bonds. The summed E-state index contributed by atoms with van der Waals surface area (Å²) in [5, 5.41) is 1.75. The summed E-state index contributed by atoms with van der Waals surface area (Å²) in [7, 11) is -1.44. The SMILES string of the molecule is CCCC1=C(CCC)[Si](C)(C)[C-]=C1c1ccccc1.[Li+]. The van der Waals surface area contributed by atoms with E-state index in [9.17, 15) is 0 Å². The van der Waals surface area contributed by atoms with Crippen LogP contribution in [0.5, 0.6) is 0 Å². The molecule has 0 radical (unpaired) electrons. The Hall–Kier alpha value is -0.486. The van der Waals surface area contributed by atoms with Crippen LogP contribution < -0.4 is 18.9 Å². The molecule has 0 N–H and O–H groups in total. The van der Waals surface area contributed by atoms with Crippen LogP contribution in [0.2, 0.25) is 13.1 Å². The minimum Gasteiger partial charge on any atom is -0.202 e. The van der Waals surface area contributed by atoms with Gasteiger partial charge in [0.15, 0.2) is 0 Å². The molecule has 0 nitrogen and oxygen atoms in total. The summed E-state index contributed by atoms with van der Waals surface area (Å²) < 4.78 is 0. The summed E-state index contributed by atoms with van der Waals surface area (Å²) in [4.78, 5) is 0. The average molecular weight is 276 g/mol. The summed E-state index contributed by atoms with van der Waals surface area (Å²) in [6.45, 7) is 9.47. The molecule has 0 bridgehead atoms. The average Bonchev–Trinajstić information content (AvgIpc) is 2.65. The van der Waals surface area contributed by atoms with Gasteiger partial charge in [-0.2, -0.15) is 11.1 Å². The first kappa shape index (κ1) is 17.6. The van der Waals surface area contributed by atoms with Crippen molar-refractivity contribution in [1.82, 2.24) is 0 Å². The van der Waals surface area contributed by atoms with Gasteiger partial charge in [0.2, 0.25) is 0 Å². The van der Waals surface area contributed by atoms with E-state index >= 15 is 0 Å². The number of hydrogen-bond acceptors (Lipinski definition) is 0. The van der Waals surface area contributed by atoms with Crippen molar-refractivity contribution < 1.29 is 18.9 Å². The van der Waals surface area contributed by atoms with E-state index in [1.165, 1.54) is 36.8 Å². The summed E-state index contributed by atoms with van der Waals surface area (Å²) in [6.07, 6.45) is 4.95. The third-order valence-corrected chi connectivity index (χ3v) is 6.86. The molecule has 0 unspecified atom stereocenters. The van der Waals surface area contributed by atoms with Crippen LogP contribution >= 0.6 is 0 Å². The third-order valence-electron chi connectivity index (χ3n) is 3.92. The van der Waals surface area contributed by atoms with Crippen molar-refractivity contribution >= 4 is 13.6 Å². The number of benzene rings is 1. The molecule has 0 spiro atoms. The molecule has 2 rings (SSSR count). The fraction of sp³-hybridized carbons (Fsp3) is 0.444. The monoisotopic (exact) mass is 276 g/mol. The van der Waals surface area contributed by atoms with E-state index in [1.807, 2.05) is 0 Å². The molecular formula is C18H25LiSi. The van der Waals surface area contributed by atoms with E-state index in [4.69, 9.17) is 0 Å². The molecule has 0 aromatic heterocycles. The summed E-state index contributed by atoms with van der Waals surface area (Å²) in [6, 6.07) is 10.8. The van der Waals surface area contributed by atoms with Gasteiger partial charge in [-0.25, -0.2) is 5.70 Å². The van der Waals surface area contributed by atoms with E-state index in [0.29, 0.717) is 0 Å². The van der Waals surface area contributed by atoms with Crippen LogP contribution in [0, 0.1) is 5.70 Å². The molecule has 0 saturated carbocycles. The predicted molar refractivity (Wildman–Crippen MR) is 87.4 cm³/mol. The molecule has 1 aromatic rings. The second kappa shape index (κ2) is 7.50. The second-order valence-corrected chi connectivity index (χ2v) is 10.1. The van der Waals surface area contributed by atoms with Gasteiger partial charge in [0, 0.05) is 8.07 Å². The Kier molecular flexibility index (Phi) is 6.59. The quantitative estimate of drug-likeness (QED) is 0.573.